The van der Waals surface area contributed by atoms with Crippen LogP contribution in [-0.4, -0.2) is 42.2 Å². The van der Waals surface area contributed by atoms with Crippen LogP contribution in [0.25, 0.3) is 0 Å². The number of hydrogen-bond donors (Lipinski definition) is 1. The second kappa shape index (κ2) is 12.8. The van der Waals surface area contributed by atoms with Gasteiger partial charge in [0, 0.05) is 28.9 Å². The topological polar surface area (TPSA) is 58.6 Å². The van der Waals surface area contributed by atoms with Gasteiger partial charge in [-0.1, -0.05) is 48.3 Å². The third-order valence-corrected chi connectivity index (χ3v) is 6.43. The second-order valence-electron chi connectivity index (χ2n) is 6.88. The summed E-state index contributed by atoms with van der Waals surface area (Å²) in [6.45, 7) is 4.62. The third-order valence-electron chi connectivity index (χ3n) is 4.78. The highest BCUT2D eigenvalue weighted by molar-refractivity contribution is 7.99. The van der Waals surface area contributed by atoms with E-state index in [1.54, 1.807) is 30.2 Å². The molecule has 2 aromatic rings. The molecule has 0 spiro atoms. The summed E-state index contributed by atoms with van der Waals surface area (Å²) in [5.41, 5.74) is 1.73. The van der Waals surface area contributed by atoms with E-state index in [2.05, 4.69) is 5.32 Å². The molecule has 0 aliphatic heterocycles. The van der Waals surface area contributed by atoms with Crippen LogP contribution in [0, 0.1) is 0 Å². The fourth-order valence-corrected chi connectivity index (χ4v) is 4.78. The number of ether oxygens (including phenoxy) is 1. The SMILES string of the molecule is CCNC(=O)C(CC)N(Cc1ccc(OC)cc1)C(=O)CSCc1c(Cl)cccc1Cl. The van der Waals surface area contributed by atoms with Crippen LogP contribution in [0.1, 0.15) is 31.4 Å². The molecule has 1 atom stereocenters. The molecule has 0 aliphatic rings. The molecule has 0 saturated carbocycles. The highest BCUT2D eigenvalue weighted by Gasteiger charge is 2.28. The van der Waals surface area contributed by atoms with E-state index in [4.69, 9.17) is 27.9 Å². The Morgan fingerprint density at radius 3 is 2.29 bits per heavy atom. The molecular formula is C23H28Cl2N2O3S. The number of likely N-dealkylation sites (N-methyl/N-ethyl adjacent to an activating group) is 1. The molecule has 2 aromatic carbocycles. The number of amides is 2. The predicted molar refractivity (Wildman–Crippen MR) is 129 cm³/mol. The zero-order chi connectivity index (χ0) is 22.8. The monoisotopic (exact) mass is 482 g/mol. The van der Waals surface area contributed by atoms with Crippen LogP contribution in [0.4, 0.5) is 0 Å². The van der Waals surface area contributed by atoms with Crippen molar-refractivity contribution in [3.63, 3.8) is 0 Å². The normalized spacial score (nSPS) is 11.6. The Bertz CT molecular complexity index is 857. The number of nitrogens with zero attached hydrogens (tertiary/aromatic N) is 1. The van der Waals surface area contributed by atoms with Crippen molar-refractivity contribution in [2.24, 2.45) is 0 Å². The molecule has 0 fully saturated rings. The summed E-state index contributed by atoms with van der Waals surface area (Å²) >= 11 is 13.9. The molecule has 5 nitrogen and oxygen atoms in total. The Labute approximate surface area is 198 Å². The molecule has 1 unspecified atom stereocenters. The van der Waals surface area contributed by atoms with Crippen LogP contribution in [0.15, 0.2) is 42.5 Å². The number of thioether (sulfide) groups is 1. The minimum Gasteiger partial charge on any atom is -0.497 e. The summed E-state index contributed by atoms with van der Waals surface area (Å²) in [5, 5.41) is 4.00. The molecule has 8 heteroatoms. The Morgan fingerprint density at radius 2 is 1.74 bits per heavy atom. The average molecular weight is 483 g/mol. The maximum atomic E-state index is 13.2. The van der Waals surface area contributed by atoms with Crippen molar-refractivity contribution in [1.29, 1.82) is 0 Å². The van der Waals surface area contributed by atoms with E-state index in [9.17, 15) is 9.59 Å². The van der Waals surface area contributed by atoms with E-state index in [0.717, 1.165) is 16.9 Å². The van der Waals surface area contributed by atoms with Crippen LogP contribution >= 0.6 is 35.0 Å². The molecule has 2 rings (SSSR count). The first-order valence-corrected chi connectivity index (χ1v) is 12.0. The fourth-order valence-electron chi connectivity index (χ4n) is 3.13. The van der Waals surface area contributed by atoms with E-state index in [-0.39, 0.29) is 17.6 Å². The third kappa shape index (κ3) is 7.34. The summed E-state index contributed by atoms with van der Waals surface area (Å²) in [6, 6.07) is 12.3. The fraction of sp³-hybridized carbons (Fsp3) is 0.391. The average Bonchev–Trinajstić information content (AvgIpc) is 2.76. The molecular weight excluding hydrogens is 455 g/mol. The molecule has 0 aromatic heterocycles. The van der Waals surface area contributed by atoms with E-state index in [0.29, 0.717) is 35.3 Å². The molecule has 2 amide bonds. The quantitative estimate of drug-likeness (QED) is 0.479. The Morgan fingerprint density at radius 1 is 1.10 bits per heavy atom. The van der Waals surface area contributed by atoms with E-state index in [1.807, 2.05) is 38.1 Å². The largest absolute Gasteiger partial charge is 0.497 e. The minimum absolute atomic E-state index is 0.109. The van der Waals surface area contributed by atoms with E-state index < -0.39 is 6.04 Å². The molecule has 168 valence electrons. The maximum Gasteiger partial charge on any atom is 0.242 e. The van der Waals surface area contributed by atoms with Crippen molar-refractivity contribution in [2.75, 3.05) is 19.4 Å². The number of nitrogens with one attached hydrogen (secondary N) is 1. The molecule has 1 N–H and O–H groups in total. The molecule has 31 heavy (non-hydrogen) atoms. The van der Waals surface area contributed by atoms with Gasteiger partial charge in [0.2, 0.25) is 11.8 Å². The zero-order valence-electron chi connectivity index (χ0n) is 18.0. The Balaban J connectivity index is 2.15. The minimum atomic E-state index is -0.543. The van der Waals surface area contributed by atoms with Crippen LogP contribution in [-0.2, 0) is 21.9 Å². The summed E-state index contributed by atoms with van der Waals surface area (Å²) in [6.07, 6.45) is 0.523. The number of carbonyl (C=O) groups excluding carboxylic acids is 2. The van der Waals surface area contributed by atoms with Gasteiger partial charge in [-0.05, 0) is 48.7 Å². The van der Waals surface area contributed by atoms with Gasteiger partial charge in [0.25, 0.3) is 0 Å². The number of hydrogen-bond acceptors (Lipinski definition) is 4. The number of halogens is 2. The van der Waals surface area contributed by atoms with Gasteiger partial charge >= 0.3 is 0 Å². The van der Waals surface area contributed by atoms with Crippen molar-refractivity contribution >= 4 is 46.8 Å². The van der Waals surface area contributed by atoms with Gasteiger partial charge in [-0.25, -0.2) is 0 Å². The first kappa shape index (κ1) is 25.4. The van der Waals surface area contributed by atoms with Crippen LogP contribution in [0.3, 0.4) is 0 Å². The van der Waals surface area contributed by atoms with Gasteiger partial charge in [0.1, 0.15) is 11.8 Å². The van der Waals surface area contributed by atoms with Crippen LogP contribution < -0.4 is 10.1 Å². The summed E-state index contributed by atoms with van der Waals surface area (Å²) < 4.78 is 5.21. The van der Waals surface area contributed by atoms with Crippen LogP contribution in [0.5, 0.6) is 5.75 Å². The lowest BCUT2D eigenvalue weighted by molar-refractivity contribution is -0.139. The number of benzene rings is 2. The van der Waals surface area contributed by atoms with Crippen molar-refractivity contribution in [2.45, 2.75) is 38.6 Å². The van der Waals surface area contributed by atoms with Gasteiger partial charge in [-0.3, -0.25) is 9.59 Å². The van der Waals surface area contributed by atoms with Crippen molar-refractivity contribution < 1.29 is 14.3 Å². The number of carbonyl (C=O) groups is 2. The zero-order valence-corrected chi connectivity index (χ0v) is 20.3. The number of rotatable bonds is 11. The van der Waals surface area contributed by atoms with E-state index in [1.165, 1.54) is 11.8 Å². The lowest BCUT2D eigenvalue weighted by Crippen LogP contribution is -2.49. The van der Waals surface area contributed by atoms with Gasteiger partial charge in [-0.2, -0.15) is 0 Å². The summed E-state index contributed by atoms with van der Waals surface area (Å²) in [5.74, 6) is 1.21. The first-order valence-electron chi connectivity index (χ1n) is 10.1. The van der Waals surface area contributed by atoms with Crippen molar-refractivity contribution in [1.82, 2.24) is 10.2 Å². The Hall–Kier alpha value is -1.89. The lowest BCUT2D eigenvalue weighted by atomic mass is 10.1. The van der Waals surface area contributed by atoms with Gasteiger partial charge in [0.05, 0.1) is 12.9 Å². The Kier molecular flexibility index (Phi) is 10.5. The standard InChI is InChI=1S/C23H28Cl2N2O3S/c1-4-21(23(29)26-5-2)27(13-16-9-11-17(30-3)12-10-16)22(28)15-31-14-18-19(24)7-6-8-20(18)25/h6-12,21H,4-5,13-15H2,1-3H3,(H,26,29). The highest BCUT2D eigenvalue weighted by atomic mass is 35.5. The smallest absolute Gasteiger partial charge is 0.242 e. The highest BCUT2D eigenvalue weighted by Crippen LogP contribution is 2.28. The van der Waals surface area contributed by atoms with Crippen molar-refractivity contribution in [3.8, 4) is 5.75 Å². The number of methoxy groups -OCH3 is 1. The lowest BCUT2D eigenvalue weighted by Gasteiger charge is -2.30. The van der Waals surface area contributed by atoms with Gasteiger partial charge in [-0.15, -0.1) is 11.8 Å². The van der Waals surface area contributed by atoms with Crippen molar-refractivity contribution in [3.05, 3.63) is 63.6 Å². The molecule has 0 radical (unpaired) electrons. The molecule has 0 bridgehead atoms. The second-order valence-corrected chi connectivity index (χ2v) is 8.68. The van der Waals surface area contributed by atoms with E-state index >= 15 is 0 Å². The molecule has 0 heterocycles. The molecule has 0 aliphatic carbocycles. The predicted octanol–water partition coefficient (Wildman–Crippen LogP) is 5.18. The molecule has 0 saturated heterocycles. The van der Waals surface area contributed by atoms with Gasteiger partial charge < -0.3 is 15.0 Å². The summed E-state index contributed by atoms with van der Waals surface area (Å²) in [4.78, 5) is 27.4. The van der Waals surface area contributed by atoms with Gasteiger partial charge in [0.15, 0.2) is 0 Å². The first-order chi connectivity index (χ1) is 14.9. The van der Waals surface area contributed by atoms with Crippen LogP contribution in [0.2, 0.25) is 10.0 Å². The maximum absolute atomic E-state index is 13.2. The summed E-state index contributed by atoms with van der Waals surface area (Å²) in [7, 11) is 1.61.